The molecule has 0 spiro atoms. The van der Waals surface area contributed by atoms with Gasteiger partial charge in [0, 0.05) is 13.8 Å². The highest BCUT2D eigenvalue weighted by atomic mass is 35.6. The molecule has 0 aliphatic carbocycles. The Morgan fingerprint density at radius 2 is 1.25 bits per heavy atom. The van der Waals surface area contributed by atoms with Gasteiger partial charge in [0.15, 0.2) is 12.2 Å². The molecule has 40 heavy (non-hydrogen) atoms. The average Bonchev–Trinajstić information content (AvgIpc) is 2.90. The van der Waals surface area contributed by atoms with Gasteiger partial charge in [-0.15, -0.1) is 0 Å². The molecular formula is C26H24Cl3NO10. The van der Waals surface area contributed by atoms with Crippen molar-refractivity contribution in [2.24, 2.45) is 0 Å². The molecule has 0 bridgehead atoms. The minimum atomic E-state index is -2.35. The minimum Gasteiger partial charge on any atom is -0.463 e. The summed E-state index contributed by atoms with van der Waals surface area (Å²) in [6.07, 6.45) is -7.83. The number of carbonyl (C=O) groups excluding carboxylic acids is 4. The molecule has 1 heterocycles. The zero-order valence-electron chi connectivity index (χ0n) is 21.1. The molecule has 1 fully saturated rings. The van der Waals surface area contributed by atoms with Crippen LogP contribution in [0.4, 0.5) is 0 Å². The molecular weight excluding hydrogens is 593 g/mol. The first-order chi connectivity index (χ1) is 18.9. The molecule has 0 amide bonds. The number of ether oxygens (including phenoxy) is 6. The monoisotopic (exact) mass is 615 g/mol. The van der Waals surface area contributed by atoms with Gasteiger partial charge < -0.3 is 28.4 Å². The van der Waals surface area contributed by atoms with E-state index in [2.05, 4.69) is 0 Å². The van der Waals surface area contributed by atoms with Crippen molar-refractivity contribution in [1.82, 2.24) is 0 Å². The van der Waals surface area contributed by atoms with Crippen molar-refractivity contribution in [2.45, 2.75) is 48.3 Å². The van der Waals surface area contributed by atoms with Crippen LogP contribution >= 0.6 is 34.8 Å². The van der Waals surface area contributed by atoms with E-state index in [0.29, 0.717) is 0 Å². The smallest absolute Gasteiger partial charge is 0.338 e. The van der Waals surface area contributed by atoms with Gasteiger partial charge in [0.1, 0.15) is 12.7 Å². The lowest BCUT2D eigenvalue weighted by molar-refractivity contribution is -0.284. The van der Waals surface area contributed by atoms with Gasteiger partial charge in [-0.25, -0.2) is 9.59 Å². The fraction of sp³-hybridized carbons (Fsp3) is 0.346. The second-order valence-electron chi connectivity index (χ2n) is 8.34. The first kappa shape index (κ1) is 31.2. The van der Waals surface area contributed by atoms with Crippen LogP contribution in [0, 0.1) is 5.41 Å². The van der Waals surface area contributed by atoms with Crippen LogP contribution < -0.4 is 0 Å². The number of esters is 4. The molecule has 214 valence electrons. The van der Waals surface area contributed by atoms with E-state index in [1.54, 1.807) is 36.4 Å². The van der Waals surface area contributed by atoms with Crippen molar-refractivity contribution in [3.8, 4) is 0 Å². The molecule has 5 atom stereocenters. The van der Waals surface area contributed by atoms with Gasteiger partial charge in [-0.1, -0.05) is 71.2 Å². The van der Waals surface area contributed by atoms with E-state index in [0.717, 1.165) is 13.8 Å². The van der Waals surface area contributed by atoms with E-state index in [-0.39, 0.29) is 11.1 Å². The maximum Gasteiger partial charge on any atom is 0.338 e. The Labute approximate surface area is 244 Å². The van der Waals surface area contributed by atoms with Crippen molar-refractivity contribution in [1.29, 1.82) is 5.41 Å². The van der Waals surface area contributed by atoms with Gasteiger partial charge in [0.05, 0.1) is 11.1 Å². The third-order valence-electron chi connectivity index (χ3n) is 5.34. The van der Waals surface area contributed by atoms with Gasteiger partial charge in [0.25, 0.3) is 3.79 Å². The summed E-state index contributed by atoms with van der Waals surface area (Å²) in [6, 6.07) is 15.6. The molecule has 14 heteroatoms. The zero-order valence-corrected chi connectivity index (χ0v) is 23.4. The summed E-state index contributed by atoms with van der Waals surface area (Å²) in [4.78, 5) is 49.8. The minimum absolute atomic E-state index is 0.110. The quantitative estimate of drug-likeness (QED) is 0.152. The Morgan fingerprint density at radius 1 is 0.750 bits per heavy atom. The highest BCUT2D eigenvalue weighted by Gasteiger charge is 2.54. The Balaban J connectivity index is 2.05. The first-order valence-corrected chi connectivity index (χ1v) is 12.8. The van der Waals surface area contributed by atoms with Crippen LogP contribution in [-0.4, -0.2) is 70.9 Å². The van der Waals surface area contributed by atoms with Crippen LogP contribution in [0.2, 0.25) is 0 Å². The van der Waals surface area contributed by atoms with Crippen LogP contribution in [0.25, 0.3) is 0 Å². The summed E-state index contributed by atoms with van der Waals surface area (Å²) >= 11 is 17.3. The third kappa shape index (κ3) is 8.56. The summed E-state index contributed by atoms with van der Waals surface area (Å²) in [6.45, 7) is 1.69. The molecule has 0 saturated carbocycles. The molecule has 2 aromatic rings. The average molecular weight is 617 g/mol. The predicted molar refractivity (Wildman–Crippen MR) is 141 cm³/mol. The van der Waals surface area contributed by atoms with Gasteiger partial charge in [-0.2, -0.15) is 0 Å². The van der Waals surface area contributed by atoms with E-state index < -0.39 is 70.9 Å². The van der Waals surface area contributed by atoms with Gasteiger partial charge in [-0.3, -0.25) is 15.0 Å². The maximum atomic E-state index is 13.0. The molecule has 1 saturated heterocycles. The fourth-order valence-electron chi connectivity index (χ4n) is 3.62. The number of nitrogens with one attached hydrogen (secondary N) is 1. The van der Waals surface area contributed by atoms with Crippen LogP contribution in [0.1, 0.15) is 34.6 Å². The number of rotatable bonds is 8. The molecule has 1 aliphatic heterocycles. The summed E-state index contributed by atoms with van der Waals surface area (Å²) in [5, 5.41) is 8.02. The second kappa shape index (κ2) is 13.8. The van der Waals surface area contributed by atoms with Gasteiger partial charge >= 0.3 is 23.9 Å². The maximum absolute atomic E-state index is 13.0. The predicted octanol–water partition coefficient (Wildman–Crippen LogP) is 4.02. The van der Waals surface area contributed by atoms with Crippen molar-refractivity contribution in [3.05, 3.63) is 71.8 Å². The van der Waals surface area contributed by atoms with Crippen LogP contribution in [-0.2, 0) is 38.0 Å². The Bertz CT molecular complexity index is 1220. The highest BCUT2D eigenvalue weighted by Crippen LogP contribution is 2.34. The fourth-order valence-corrected chi connectivity index (χ4v) is 3.75. The van der Waals surface area contributed by atoms with Crippen molar-refractivity contribution < 1.29 is 47.6 Å². The Kier molecular flexibility index (Phi) is 10.7. The number of hydrogen-bond donors (Lipinski definition) is 1. The van der Waals surface area contributed by atoms with Crippen LogP contribution in [0.15, 0.2) is 60.7 Å². The Morgan fingerprint density at radius 3 is 1.70 bits per heavy atom. The molecule has 1 unspecified atom stereocenters. The van der Waals surface area contributed by atoms with Gasteiger partial charge in [-0.05, 0) is 24.3 Å². The van der Waals surface area contributed by atoms with E-state index in [9.17, 15) is 19.2 Å². The topological polar surface area (TPSA) is 148 Å². The molecule has 2 aromatic carbocycles. The number of carbonyl (C=O) groups is 4. The lowest BCUT2D eigenvalue weighted by atomic mass is 9.97. The SMILES string of the molecule is CC(=O)OC[C@H]1OC(OC(=N)C(Cl)(Cl)Cl)[C@H](OC(=O)c2ccccc2)[C@@H](OC(C)=O)[C@@H]1OC(=O)c1ccccc1. The standard InChI is InChI=1S/C26H24Cl3NO10/c1-14(31)35-13-18-19(38-22(33)16-9-5-3-6-10-16)20(36-15(2)32)21(24(37-18)40-25(30)26(27,28)29)39-23(34)17-11-7-4-8-12-17/h3-12,18-21,24,30H,13H2,1-2H3/t18-,19-,20+,21-,24?/m1/s1. The largest absolute Gasteiger partial charge is 0.463 e. The molecule has 3 rings (SSSR count). The van der Waals surface area contributed by atoms with Crippen molar-refractivity contribution >= 4 is 64.6 Å². The van der Waals surface area contributed by atoms with Crippen molar-refractivity contribution in [3.63, 3.8) is 0 Å². The van der Waals surface area contributed by atoms with Crippen molar-refractivity contribution in [2.75, 3.05) is 6.61 Å². The number of alkyl halides is 3. The second-order valence-corrected chi connectivity index (χ2v) is 10.6. The summed E-state index contributed by atoms with van der Waals surface area (Å²) in [5.74, 6) is -4.22. The summed E-state index contributed by atoms with van der Waals surface area (Å²) < 4.78 is 30.7. The van der Waals surface area contributed by atoms with E-state index in [4.69, 9.17) is 68.6 Å². The molecule has 1 aliphatic rings. The Hall–Kier alpha value is -3.38. The zero-order chi connectivity index (χ0) is 29.4. The highest BCUT2D eigenvalue weighted by molar-refractivity contribution is 6.76. The van der Waals surface area contributed by atoms with Gasteiger partial charge in [0.2, 0.25) is 18.3 Å². The number of halogens is 3. The van der Waals surface area contributed by atoms with Crippen LogP contribution in [0.3, 0.4) is 0 Å². The lowest BCUT2D eigenvalue weighted by Gasteiger charge is -2.44. The van der Waals surface area contributed by atoms with E-state index in [1.807, 2.05) is 0 Å². The molecule has 0 aromatic heterocycles. The number of hydrogen-bond acceptors (Lipinski definition) is 11. The summed E-state index contributed by atoms with van der Waals surface area (Å²) in [7, 11) is 0. The van der Waals surface area contributed by atoms with E-state index >= 15 is 0 Å². The summed E-state index contributed by atoms with van der Waals surface area (Å²) in [5.41, 5.74) is 0.253. The number of benzene rings is 2. The van der Waals surface area contributed by atoms with E-state index in [1.165, 1.54) is 24.3 Å². The molecule has 11 nitrogen and oxygen atoms in total. The van der Waals surface area contributed by atoms with Crippen LogP contribution in [0.5, 0.6) is 0 Å². The first-order valence-electron chi connectivity index (χ1n) is 11.7. The molecule has 1 N–H and O–H groups in total. The molecule has 0 radical (unpaired) electrons. The lowest BCUT2D eigenvalue weighted by Crippen LogP contribution is -2.63. The third-order valence-corrected chi connectivity index (χ3v) is 5.86. The normalized spacial score (nSPS) is 22.4.